The molecule has 1 saturated carbocycles. The third-order valence-corrected chi connectivity index (χ3v) is 8.78. The minimum atomic E-state index is -0.263. The van der Waals surface area contributed by atoms with Crippen LogP contribution in [0.3, 0.4) is 0 Å². The number of anilines is 2. The highest BCUT2D eigenvalue weighted by Gasteiger charge is 2.29. The van der Waals surface area contributed by atoms with Gasteiger partial charge in [-0.15, -0.1) is 20.4 Å². The molecule has 1 aliphatic heterocycles. The van der Waals surface area contributed by atoms with Gasteiger partial charge >= 0.3 is 0 Å². The Morgan fingerprint density at radius 2 is 1.44 bits per heavy atom. The maximum Gasteiger partial charge on any atom is 0.232 e. The number of aromatic nitrogens is 6. The monoisotopic (exact) mass is 584 g/mol. The number of hydrogen-bond acceptors (Lipinski definition) is 12. The van der Waals surface area contributed by atoms with Crippen LogP contribution in [0.4, 0.5) is 10.3 Å². The Hall–Kier alpha value is -4.48. The zero-order valence-corrected chi connectivity index (χ0v) is 23.4. The Balaban J connectivity index is 1.02. The van der Waals surface area contributed by atoms with E-state index in [0.717, 1.165) is 41.4 Å². The van der Waals surface area contributed by atoms with E-state index in [1.807, 2.05) is 30.5 Å². The van der Waals surface area contributed by atoms with Gasteiger partial charge in [-0.1, -0.05) is 41.2 Å². The lowest BCUT2D eigenvalue weighted by atomic mass is 9.82. The fraction of sp³-hybridized carbons (Fsp3) is 0.333. The van der Waals surface area contributed by atoms with Gasteiger partial charge in [-0.25, -0.2) is 4.98 Å². The molecule has 6 rings (SSSR count). The molecular formula is C27H24N10O2S2. The Morgan fingerprint density at radius 1 is 0.854 bits per heavy atom. The molecule has 4 aromatic rings. The van der Waals surface area contributed by atoms with Gasteiger partial charge in [0, 0.05) is 18.1 Å². The summed E-state index contributed by atoms with van der Waals surface area (Å²) in [4.78, 5) is 37.9. The lowest BCUT2D eigenvalue weighted by molar-refractivity contribution is -0.116. The summed E-state index contributed by atoms with van der Waals surface area (Å²) in [5, 5.41) is 34.4. The lowest BCUT2D eigenvalue weighted by Gasteiger charge is -2.25. The quantitative estimate of drug-likeness (QED) is 0.295. The molecule has 2 N–H and O–H groups in total. The summed E-state index contributed by atoms with van der Waals surface area (Å²) >= 11 is 2.77. The molecular weight excluding hydrogens is 560 g/mol. The molecule has 0 aromatic carbocycles. The van der Waals surface area contributed by atoms with Crippen molar-refractivity contribution in [3.63, 3.8) is 0 Å². The van der Waals surface area contributed by atoms with E-state index in [1.54, 1.807) is 18.2 Å². The van der Waals surface area contributed by atoms with Crippen LogP contribution in [0.2, 0.25) is 0 Å². The van der Waals surface area contributed by atoms with Crippen LogP contribution in [0.1, 0.15) is 76.4 Å². The zero-order chi connectivity index (χ0) is 28.2. The van der Waals surface area contributed by atoms with Gasteiger partial charge in [0.15, 0.2) is 0 Å². The van der Waals surface area contributed by atoms with Crippen molar-refractivity contribution in [2.24, 2.45) is 4.99 Å². The van der Waals surface area contributed by atoms with Gasteiger partial charge in [-0.3, -0.25) is 19.6 Å². The first-order valence-corrected chi connectivity index (χ1v) is 14.8. The summed E-state index contributed by atoms with van der Waals surface area (Å²) in [5.74, 6) is -0.0518. The molecule has 0 saturated heterocycles. The average molecular weight is 585 g/mol. The Kier molecular flexibility index (Phi) is 7.79. The number of hydrogen-bond donors (Lipinski definition) is 2. The van der Waals surface area contributed by atoms with E-state index in [2.05, 4.69) is 46.0 Å². The molecule has 1 aliphatic carbocycles. The molecule has 12 nitrogen and oxygen atoms in total. The highest BCUT2D eigenvalue weighted by Crippen LogP contribution is 2.43. The second-order valence-corrected chi connectivity index (χ2v) is 11.8. The van der Waals surface area contributed by atoms with Gasteiger partial charge < -0.3 is 10.6 Å². The number of carbonyl (C=O) groups is 2. The van der Waals surface area contributed by atoms with Crippen LogP contribution in [0.25, 0.3) is 0 Å². The van der Waals surface area contributed by atoms with Crippen molar-refractivity contribution >= 4 is 51.0 Å². The number of aliphatic imine (C=N–C) groups is 1. The molecule has 4 aromatic heterocycles. The summed E-state index contributed by atoms with van der Waals surface area (Å²) in [6.07, 6.45) is 5.83. The van der Waals surface area contributed by atoms with Gasteiger partial charge in [-0.2, -0.15) is 5.26 Å². The van der Waals surface area contributed by atoms with Gasteiger partial charge in [0.2, 0.25) is 22.1 Å². The standard InChI is InChI=1S/C27H24N10O2S2/c28-13-19-8-2-6-17(30-19)11-22(38)32-26-36-34-24(40-26)15-4-1-5-16(10-15)25-35-37-27(41-25)33-23(39)12-18-7-3-9-20(31-18)21-14-29-21/h2-3,6-9,14-16,21H,1,4-5,10-12H2,(H,32,36,38)(H,33,37,39)/t15-,16-,21?/m0/s1. The molecule has 14 heteroatoms. The minimum Gasteiger partial charge on any atom is -0.300 e. The summed E-state index contributed by atoms with van der Waals surface area (Å²) in [6, 6.07) is 12.6. The largest absolute Gasteiger partial charge is 0.300 e. The number of nitrogens with zero attached hydrogens (tertiary/aromatic N) is 8. The maximum atomic E-state index is 12.6. The zero-order valence-electron chi connectivity index (χ0n) is 21.7. The van der Waals surface area contributed by atoms with E-state index >= 15 is 0 Å². The van der Waals surface area contributed by atoms with Crippen molar-refractivity contribution in [2.75, 3.05) is 10.6 Å². The van der Waals surface area contributed by atoms with Crippen molar-refractivity contribution in [3.05, 3.63) is 69.2 Å². The molecule has 2 aliphatic rings. The van der Waals surface area contributed by atoms with Crippen LogP contribution in [0.15, 0.2) is 41.4 Å². The maximum absolute atomic E-state index is 12.6. The topological polar surface area (TPSA) is 172 Å². The third-order valence-electron chi connectivity index (χ3n) is 6.78. The second kappa shape index (κ2) is 11.9. The summed E-state index contributed by atoms with van der Waals surface area (Å²) in [6.45, 7) is 0. The van der Waals surface area contributed by atoms with Crippen LogP contribution in [0, 0.1) is 11.3 Å². The normalized spacial score (nSPS) is 19.3. The molecule has 2 amide bonds. The molecule has 3 atom stereocenters. The minimum absolute atomic E-state index is 0.0458. The van der Waals surface area contributed by atoms with Crippen molar-refractivity contribution in [1.29, 1.82) is 5.26 Å². The molecule has 1 unspecified atom stereocenters. The number of nitrogens with one attached hydrogen (secondary N) is 2. The van der Waals surface area contributed by atoms with E-state index in [0.29, 0.717) is 21.7 Å². The van der Waals surface area contributed by atoms with Crippen molar-refractivity contribution in [3.8, 4) is 6.07 Å². The van der Waals surface area contributed by atoms with E-state index in [1.165, 1.54) is 22.7 Å². The number of rotatable bonds is 9. The molecule has 5 heterocycles. The fourth-order valence-electron chi connectivity index (χ4n) is 4.79. The number of pyridine rings is 2. The number of carbonyl (C=O) groups excluding carboxylic acids is 2. The molecule has 1 fully saturated rings. The lowest BCUT2D eigenvalue weighted by Crippen LogP contribution is -2.15. The molecule has 41 heavy (non-hydrogen) atoms. The number of amides is 2. The van der Waals surface area contributed by atoms with E-state index in [-0.39, 0.29) is 48.2 Å². The predicted molar refractivity (Wildman–Crippen MR) is 153 cm³/mol. The molecule has 206 valence electrons. The Bertz CT molecular complexity index is 1650. The SMILES string of the molecule is N#Cc1cccc(CC(=O)Nc2nnc([C@H]3CCC[C@H](c4nnc(NC(=O)Cc5cccc(C6C=N6)n5)s4)C3)s2)n1. The summed E-state index contributed by atoms with van der Waals surface area (Å²) in [7, 11) is 0. The fourth-order valence-corrected chi connectivity index (χ4v) is 6.61. The Labute approximate surface area is 243 Å². The summed E-state index contributed by atoms with van der Waals surface area (Å²) in [5.41, 5.74) is 2.33. The second-order valence-electron chi connectivity index (χ2n) is 9.82. The predicted octanol–water partition coefficient (Wildman–Crippen LogP) is 3.98. The Morgan fingerprint density at radius 3 is 2.02 bits per heavy atom. The van der Waals surface area contributed by atoms with Crippen LogP contribution < -0.4 is 10.6 Å². The van der Waals surface area contributed by atoms with Gasteiger partial charge in [0.25, 0.3) is 0 Å². The van der Waals surface area contributed by atoms with E-state index in [9.17, 15) is 9.59 Å². The average Bonchev–Trinajstić information content (AvgIpc) is 3.56. The third kappa shape index (κ3) is 6.82. The smallest absolute Gasteiger partial charge is 0.232 e. The molecule has 0 radical (unpaired) electrons. The van der Waals surface area contributed by atoms with Crippen molar-refractivity contribution in [1.82, 2.24) is 30.4 Å². The van der Waals surface area contributed by atoms with E-state index < -0.39 is 0 Å². The van der Waals surface area contributed by atoms with Gasteiger partial charge in [0.05, 0.1) is 29.9 Å². The highest BCUT2D eigenvalue weighted by molar-refractivity contribution is 7.15. The van der Waals surface area contributed by atoms with Crippen molar-refractivity contribution < 1.29 is 9.59 Å². The summed E-state index contributed by atoms with van der Waals surface area (Å²) < 4.78 is 0. The van der Waals surface area contributed by atoms with Crippen LogP contribution in [0.5, 0.6) is 0 Å². The van der Waals surface area contributed by atoms with Gasteiger partial charge in [0.1, 0.15) is 27.8 Å². The highest BCUT2D eigenvalue weighted by atomic mass is 32.1. The van der Waals surface area contributed by atoms with Crippen LogP contribution in [-0.4, -0.2) is 48.4 Å². The first-order valence-electron chi connectivity index (χ1n) is 13.1. The number of nitriles is 1. The van der Waals surface area contributed by atoms with E-state index in [4.69, 9.17) is 5.26 Å². The van der Waals surface area contributed by atoms with Crippen molar-refractivity contribution in [2.45, 2.75) is 56.4 Å². The molecule has 0 bridgehead atoms. The first kappa shape index (κ1) is 26.7. The van der Waals surface area contributed by atoms with Crippen LogP contribution in [-0.2, 0) is 22.4 Å². The first-order chi connectivity index (χ1) is 20.0. The molecule has 0 spiro atoms. The van der Waals surface area contributed by atoms with Gasteiger partial charge in [-0.05, 0) is 43.5 Å². The van der Waals surface area contributed by atoms with Crippen LogP contribution >= 0.6 is 22.7 Å².